The number of nitrogens with zero attached hydrogens (tertiary/aromatic N) is 2. The van der Waals surface area contributed by atoms with Crippen LogP contribution in [0.4, 0.5) is 0 Å². The van der Waals surface area contributed by atoms with Crippen LogP contribution in [-0.2, 0) is 6.54 Å². The number of nitrogens with one attached hydrogen (secondary N) is 1. The van der Waals surface area contributed by atoms with Gasteiger partial charge in [-0.2, -0.15) is 0 Å². The van der Waals surface area contributed by atoms with Crippen molar-refractivity contribution in [3.63, 3.8) is 0 Å². The van der Waals surface area contributed by atoms with Gasteiger partial charge in [0.15, 0.2) is 5.96 Å². The lowest BCUT2D eigenvalue weighted by Gasteiger charge is -2.23. The highest BCUT2D eigenvalue weighted by molar-refractivity contribution is 14.0. The molecular weight excluding hydrogens is 453 g/mol. The molecular formula is C21H30IN3O2. The predicted molar refractivity (Wildman–Crippen MR) is 122 cm³/mol. The highest BCUT2D eigenvalue weighted by atomic mass is 127. The molecule has 2 aromatic rings. The van der Waals surface area contributed by atoms with E-state index in [1.807, 2.05) is 74.3 Å². The molecule has 0 aliphatic rings. The standard InChI is InChI=1S/C21H29N3O2.HI/c1-5-22-21(23-14-20(25)18-10-6-16(2)7-11-18)24(3)15-17-8-12-19(26-4)13-9-17;/h6-13,20,25H,5,14-15H2,1-4H3,(H,22,23);1H. The van der Waals surface area contributed by atoms with E-state index in [1.54, 1.807) is 7.11 Å². The average molecular weight is 483 g/mol. The van der Waals surface area contributed by atoms with E-state index in [2.05, 4.69) is 10.3 Å². The first-order valence-electron chi connectivity index (χ1n) is 8.90. The molecule has 0 heterocycles. The molecule has 0 aliphatic carbocycles. The van der Waals surface area contributed by atoms with Crippen molar-refractivity contribution in [2.24, 2.45) is 4.99 Å². The normalized spacial score (nSPS) is 12.1. The number of hydrogen-bond donors (Lipinski definition) is 2. The molecule has 0 aliphatic heterocycles. The first-order valence-corrected chi connectivity index (χ1v) is 8.90. The van der Waals surface area contributed by atoms with Crippen molar-refractivity contribution < 1.29 is 9.84 Å². The minimum Gasteiger partial charge on any atom is -0.497 e. The van der Waals surface area contributed by atoms with Crippen LogP contribution in [0.3, 0.4) is 0 Å². The number of ether oxygens (including phenoxy) is 1. The van der Waals surface area contributed by atoms with Crippen molar-refractivity contribution in [1.29, 1.82) is 0 Å². The molecule has 2 N–H and O–H groups in total. The second-order valence-corrected chi connectivity index (χ2v) is 6.33. The van der Waals surface area contributed by atoms with E-state index in [0.29, 0.717) is 6.54 Å². The van der Waals surface area contributed by atoms with Gasteiger partial charge in [-0.05, 0) is 37.1 Å². The van der Waals surface area contributed by atoms with Crippen LogP contribution in [0.5, 0.6) is 5.75 Å². The van der Waals surface area contributed by atoms with Crippen molar-refractivity contribution in [1.82, 2.24) is 10.2 Å². The third-order valence-electron chi connectivity index (χ3n) is 4.15. The van der Waals surface area contributed by atoms with Crippen LogP contribution in [0.1, 0.15) is 29.7 Å². The number of hydrogen-bond acceptors (Lipinski definition) is 3. The molecule has 0 aromatic heterocycles. The Morgan fingerprint density at radius 1 is 1.15 bits per heavy atom. The van der Waals surface area contributed by atoms with Crippen LogP contribution >= 0.6 is 24.0 Å². The zero-order valence-corrected chi connectivity index (χ0v) is 18.8. The van der Waals surface area contributed by atoms with E-state index in [9.17, 15) is 5.11 Å². The van der Waals surface area contributed by atoms with Gasteiger partial charge in [-0.1, -0.05) is 42.0 Å². The number of aliphatic hydroxyl groups is 1. The summed E-state index contributed by atoms with van der Waals surface area (Å²) < 4.78 is 5.20. The van der Waals surface area contributed by atoms with Gasteiger partial charge in [0.1, 0.15) is 5.75 Å². The van der Waals surface area contributed by atoms with Crippen LogP contribution in [-0.4, -0.2) is 43.2 Å². The molecule has 1 unspecified atom stereocenters. The zero-order chi connectivity index (χ0) is 18.9. The molecule has 0 saturated carbocycles. The molecule has 2 aromatic carbocycles. The quantitative estimate of drug-likeness (QED) is 0.358. The van der Waals surface area contributed by atoms with Gasteiger partial charge in [0, 0.05) is 20.1 Å². The van der Waals surface area contributed by atoms with Gasteiger partial charge in [-0.3, -0.25) is 4.99 Å². The lowest BCUT2D eigenvalue weighted by molar-refractivity contribution is 0.186. The van der Waals surface area contributed by atoms with Crippen LogP contribution in [0, 0.1) is 6.92 Å². The van der Waals surface area contributed by atoms with Gasteiger partial charge in [0.25, 0.3) is 0 Å². The summed E-state index contributed by atoms with van der Waals surface area (Å²) in [6, 6.07) is 15.9. The fraction of sp³-hybridized carbons (Fsp3) is 0.381. The predicted octanol–water partition coefficient (Wildman–Crippen LogP) is 3.75. The lowest BCUT2D eigenvalue weighted by Crippen LogP contribution is -2.38. The van der Waals surface area contributed by atoms with Crippen molar-refractivity contribution in [3.8, 4) is 5.75 Å². The van der Waals surface area contributed by atoms with Crippen molar-refractivity contribution >= 4 is 29.9 Å². The Kier molecular flexibility index (Phi) is 10.2. The number of aliphatic hydroxyl groups excluding tert-OH is 1. The topological polar surface area (TPSA) is 57.1 Å². The molecule has 148 valence electrons. The highest BCUT2D eigenvalue weighted by Gasteiger charge is 2.10. The van der Waals surface area contributed by atoms with E-state index in [4.69, 9.17) is 4.74 Å². The lowest BCUT2D eigenvalue weighted by atomic mass is 10.1. The van der Waals surface area contributed by atoms with E-state index in [-0.39, 0.29) is 24.0 Å². The Morgan fingerprint density at radius 3 is 2.33 bits per heavy atom. The van der Waals surface area contributed by atoms with E-state index >= 15 is 0 Å². The summed E-state index contributed by atoms with van der Waals surface area (Å²) in [4.78, 5) is 6.65. The van der Waals surface area contributed by atoms with Crippen molar-refractivity contribution in [3.05, 3.63) is 65.2 Å². The average Bonchev–Trinajstić information content (AvgIpc) is 2.66. The molecule has 0 saturated heterocycles. The Labute approximate surface area is 179 Å². The van der Waals surface area contributed by atoms with Crippen LogP contribution in [0.15, 0.2) is 53.5 Å². The van der Waals surface area contributed by atoms with Crippen LogP contribution in [0.25, 0.3) is 0 Å². The van der Waals surface area contributed by atoms with E-state index in [0.717, 1.165) is 35.9 Å². The van der Waals surface area contributed by atoms with Crippen LogP contribution < -0.4 is 10.1 Å². The van der Waals surface area contributed by atoms with Crippen LogP contribution in [0.2, 0.25) is 0 Å². The summed E-state index contributed by atoms with van der Waals surface area (Å²) in [7, 11) is 3.65. The summed E-state index contributed by atoms with van der Waals surface area (Å²) in [6.07, 6.45) is -0.612. The second-order valence-electron chi connectivity index (χ2n) is 6.33. The third-order valence-corrected chi connectivity index (χ3v) is 4.15. The summed E-state index contributed by atoms with van der Waals surface area (Å²) in [5.41, 5.74) is 3.23. The molecule has 5 nitrogen and oxygen atoms in total. The number of aliphatic imine (C=N–C) groups is 1. The van der Waals surface area contributed by atoms with E-state index < -0.39 is 6.10 Å². The summed E-state index contributed by atoms with van der Waals surface area (Å²) in [5, 5.41) is 13.7. The fourth-order valence-corrected chi connectivity index (χ4v) is 2.62. The van der Waals surface area contributed by atoms with Gasteiger partial charge in [-0.15, -0.1) is 24.0 Å². The molecule has 2 rings (SSSR count). The maximum atomic E-state index is 10.4. The first kappa shape index (κ1) is 23.2. The maximum absolute atomic E-state index is 10.4. The fourth-order valence-electron chi connectivity index (χ4n) is 2.62. The molecule has 6 heteroatoms. The Bertz CT molecular complexity index is 702. The monoisotopic (exact) mass is 483 g/mol. The second kappa shape index (κ2) is 11.8. The van der Waals surface area contributed by atoms with Gasteiger partial charge in [0.05, 0.1) is 19.8 Å². The molecule has 27 heavy (non-hydrogen) atoms. The third kappa shape index (κ3) is 7.38. The highest BCUT2D eigenvalue weighted by Crippen LogP contribution is 2.15. The minimum absolute atomic E-state index is 0. The summed E-state index contributed by atoms with van der Waals surface area (Å²) >= 11 is 0. The molecule has 1 atom stereocenters. The Morgan fingerprint density at radius 2 is 1.78 bits per heavy atom. The SMILES string of the molecule is CCNC(=NCC(O)c1ccc(C)cc1)N(C)Cc1ccc(OC)cc1.I. The van der Waals surface area contributed by atoms with Gasteiger partial charge >= 0.3 is 0 Å². The van der Waals surface area contributed by atoms with Crippen molar-refractivity contribution in [2.45, 2.75) is 26.5 Å². The number of rotatable bonds is 7. The molecule has 0 radical (unpaired) electrons. The summed E-state index contributed by atoms with van der Waals surface area (Å²) in [6.45, 7) is 5.88. The van der Waals surface area contributed by atoms with Gasteiger partial charge in [0.2, 0.25) is 0 Å². The van der Waals surface area contributed by atoms with Gasteiger partial charge < -0.3 is 20.1 Å². The maximum Gasteiger partial charge on any atom is 0.194 e. The van der Waals surface area contributed by atoms with Gasteiger partial charge in [-0.25, -0.2) is 0 Å². The van der Waals surface area contributed by atoms with E-state index in [1.165, 1.54) is 5.56 Å². The molecule has 0 fully saturated rings. The number of halogens is 1. The molecule has 0 spiro atoms. The number of benzene rings is 2. The smallest absolute Gasteiger partial charge is 0.194 e. The first-order chi connectivity index (χ1) is 12.5. The molecule has 0 bridgehead atoms. The van der Waals surface area contributed by atoms with Crippen molar-refractivity contribution in [2.75, 3.05) is 27.2 Å². The minimum atomic E-state index is -0.612. The molecule has 0 amide bonds. The number of methoxy groups -OCH3 is 1. The Hall–Kier alpha value is -1.80. The number of aryl methyl sites for hydroxylation is 1. The largest absolute Gasteiger partial charge is 0.497 e. The Balaban J connectivity index is 0.00000364. The summed E-state index contributed by atoms with van der Waals surface area (Å²) in [5.74, 6) is 1.62. The zero-order valence-electron chi connectivity index (χ0n) is 16.5. The number of guanidine groups is 1.